The van der Waals surface area contributed by atoms with Gasteiger partial charge < -0.3 is 25.1 Å². The van der Waals surface area contributed by atoms with Crippen LogP contribution in [0.3, 0.4) is 0 Å². The maximum atomic E-state index is 12.2. The number of ether oxygens (including phenoxy) is 1. The van der Waals surface area contributed by atoms with Crippen LogP contribution in [-0.2, 0) is 4.79 Å². The van der Waals surface area contributed by atoms with Gasteiger partial charge in [-0.25, -0.2) is 0 Å². The van der Waals surface area contributed by atoms with E-state index in [1.807, 2.05) is 6.92 Å². The van der Waals surface area contributed by atoms with Gasteiger partial charge in [-0.2, -0.15) is 0 Å². The molecule has 1 aliphatic rings. The van der Waals surface area contributed by atoms with Gasteiger partial charge in [0, 0.05) is 23.5 Å². The quantitative estimate of drug-likeness (QED) is 0.549. The largest absolute Gasteiger partial charge is 1.00 e. The van der Waals surface area contributed by atoms with Crippen LogP contribution in [0, 0.1) is 12.8 Å². The van der Waals surface area contributed by atoms with Gasteiger partial charge in [0.1, 0.15) is 5.75 Å². The van der Waals surface area contributed by atoms with E-state index in [9.17, 15) is 19.8 Å². The molecule has 7 heteroatoms. The molecule has 1 saturated carbocycles. The van der Waals surface area contributed by atoms with Crippen molar-refractivity contribution in [3.05, 3.63) is 29.3 Å². The Bertz CT molecular complexity index is 563. The van der Waals surface area contributed by atoms with E-state index < -0.39 is 18.0 Å². The van der Waals surface area contributed by atoms with Crippen molar-refractivity contribution >= 4 is 11.9 Å². The van der Waals surface area contributed by atoms with Gasteiger partial charge in [-0.05, 0) is 37.5 Å². The van der Waals surface area contributed by atoms with Crippen LogP contribution in [0.25, 0.3) is 0 Å². The minimum atomic E-state index is -1.23. The van der Waals surface area contributed by atoms with Gasteiger partial charge in [-0.15, -0.1) is 0 Å². The number of carbonyl (C=O) groups excluding carboxylic acids is 2. The van der Waals surface area contributed by atoms with Crippen LogP contribution in [0.5, 0.6) is 5.75 Å². The molecule has 0 heterocycles. The van der Waals surface area contributed by atoms with Crippen molar-refractivity contribution in [2.45, 2.75) is 31.9 Å². The Labute approximate surface area is 171 Å². The van der Waals surface area contributed by atoms with E-state index in [1.54, 1.807) is 18.2 Å². The van der Waals surface area contributed by atoms with E-state index in [0.29, 0.717) is 17.7 Å². The molecule has 2 rings (SSSR count). The molecule has 0 aliphatic heterocycles. The van der Waals surface area contributed by atoms with Crippen LogP contribution in [0.15, 0.2) is 18.2 Å². The first-order chi connectivity index (χ1) is 9.92. The van der Waals surface area contributed by atoms with Crippen molar-refractivity contribution in [1.29, 1.82) is 0 Å². The Morgan fingerprint density at radius 3 is 2.68 bits per heavy atom. The molecular weight excluding hydrogens is 313 g/mol. The summed E-state index contributed by atoms with van der Waals surface area (Å²) in [7, 11) is 1.53. The fraction of sp³-hybridized carbons (Fsp3) is 0.467. The molecule has 0 unspecified atom stereocenters. The van der Waals surface area contributed by atoms with Gasteiger partial charge in [0.05, 0.1) is 13.2 Å². The van der Waals surface area contributed by atoms with E-state index in [2.05, 4.69) is 5.32 Å². The van der Waals surface area contributed by atoms with Gasteiger partial charge in [0.25, 0.3) is 5.91 Å². The number of carboxylic acids is 1. The van der Waals surface area contributed by atoms with Crippen molar-refractivity contribution in [2.24, 2.45) is 5.92 Å². The molecule has 1 amide bonds. The number of aliphatic hydroxyl groups is 1. The van der Waals surface area contributed by atoms with Crippen LogP contribution in [0.1, 0.15) is 28.8 Å². The standard InChI is InChI=1S/C15H19NO5.K/c1-8-3-4-9(5-13(8)21-2)15(20)16-11-7-12(17)10(11)6-14(18)19;/h3-5,10-12,17H,6-7H2,1-2H3,(H,16,20)(H,18,19);/q;+1/p-1/t10-,11+,12-;/m0./s1. The van der Waals surface area contributed by atoms with Crippen molar-refractivity contribution < 1.29 is 75.9 Å². The number of hydrogen-bond acceptors (Lipinski definition) is 5. The summed E-state index contributed by atoms with van der Waals surface area (Å²) in [5.41, 5.74) is 1.36. The van der Waals surface area contributed by atoms with E-state index in [0.717, 1.165) is 5.56 Å². The number of hydrogen-bond donors (Lipinski definition) is 2. The van der Waals surface area contributed by atoms with Crippen LogP contribution in [0.4, 0.5) is 0 Å². The Hall–Kier alpha value is -0.444. The number of nitrogens with one attached hydrogen (secondary N) is 1. The number of rotatable bonds is 5. The van der Waals surface area contributed by atoms with Crippen molar-refractivity contribution in [1.82, 2.24) is 5.32 Å². The zero-order valence-corrected chi connectivity index (χ0v) is 16.1. The average molecular weight is 331 g/mol. The molecule has 2 N–H and O–H groups in total. The molecule has 1 aromatic carbocycles. The van der Waals surface area contributed by atoms with E-state index in [-0.39, 0.29) is 69.8 Å². The van der Waals surface area contributed by atoms with Gasteiger partial charge in [0.2, 0.25) is 0 Å². The van der Waals surface area contributed by atoms with Gasteiger partial charge in [0.15, 0.2) is 0 Å². The third kappa shape index (κ3) is 4.53. The Kier molecular flexibility index (Phi) is 7.50. The van der Waals surface area contributed by atoms with Crippen LogP contribution >= 0.6 is 0 Å². The smallest absolute Gasteiger partial charge is 0.550 e. The number of aryl methyl sites for hydroxylation is 1. The monoisotopic (exact) mass is 331 g/mol. The third-order valence-corrected chi connectivity index (χ3v) is 3.90. The zero-order valence-electron chi connectivity index (χ0n) is 13.0. The summed E-state index contributed by atoms with van der Waals surface area (Å²) in [6, 6.07) is 4.74. The number of aliphatic hydroxyl groups excluding tert-OH is 1. The van der Waals surface area contributed by atoms with Crippen molar-refractivity contribution in [3.8, 4) is 5.75 Å². The summed E-state index contributed by atoms with van der Waals surface area (Å²) in [5.74, 6) is -1.42. The molecule has 1 aromatic rings. The van der Waals surface area contributed by atoms with Crippen LogP contribution < -0.4 is 66.5 Å². The first-order valence-electron chi connectivity index (χ1n) is 6.75. The molecule has 0 radical (unpaired) electrons. The molecule has 0 aromatic heterocycles. The molecule has 0 saturated heterocycles. The third-order valence-electron chi connectivity index (χ3n) is 3.90. The van der Waals surface area contributed by atoms with E-state index in [1.165, 1.54) is 7.11 Å². The Balaban J connectivity index is 0.00000242. The number of amides is 1. The minimum absolute atomic E-state index is 0. The summed E-state index contributed by atoms with van der Waals surface area (Å²) in [4.78, 5) is 22.8. The number of methoxy groups -OCH3 is 1. The summed E-state index contributed by atoms with van der Waals surface area (Å²) in [5, 5.41) is 22.9. The van der Waals surface area contributed by atoms with E-state index in [4.69, 9.17) is 4.74 Å². The summed E-state index contributed by atoms with van der Waals surface area (Å²) in [6.07, 6.45) is -0.614. The Morgan fingerprint density at radius 2 is 2.14 bits per heavy atom. The molecule has 1 fully saturated rings. The normalized spacial score (nSPS) is 23.0. The average Bonchev–Trinajstić information content (AvgIpc) is 2.44. The van der Waals surface area contributed by atoms with Crippen molar-refractivity contribution in [3.63, 3.8) is 0 Å². The molecule has 0 spiro atoms. The fourth-order valence-corrected chi connectivity index (χ4v) is 2.53. The second kappa shape index (κ2) is 8.42. The predicted octanol–water partition coefficient (Wildman–Crippen LogP) is -3.37. The number of aliphatic carboxylic acids is 1. The Morgan fingerprint density at radius 1 is 1.45 bits per heavy atom. The molecule has 3 atom stereocenters. The second-order valence-corrected chi connectivity index (χ2v) is 5.31. The van der Waals surface area contributed by atoms with Crippen LogP contribution in [-0.4, -0.2) is 36.2 Å². The minimum Gasteiger partial charge on any atom is -0.550 e. The maximum absolute atomic E-state index is 12.2. The van der Waals surface area contributed by atoms with Gasteiger partial charge in [-0.1, -0.05) is 6.07 Å². The number of benzene rings is 1. The SMILES string of the molecule is COc1cc(C(=O)N[C@@H]2C[C@H](O)[C@H]2CC(=O)[O-])ccc1C.[K+]. The predicted molar refractivity (Wildman–Crippen MR) is 72.7 cm³/mol. The molecule has 0 bridgehead atoms. The summed E-state index contributed by atoms with van der Waals surface area (Å²) >= 11 is 0. The molecule has 22 heavy (non-hydrogen) atoms. The first kappa shape index (κ1) is 19.6. The number of carboxylic acid groups (broad SMARTS) is 1. The molecular formula is C15H18KNO5. The van der Waals surface area contributed by atoms with E-state index >= 15 is 0 Å². The molecule has 6 nitrogen and oxygen atoms in total. The molecule has 1 aliphatic carbocycles. The topological polar surface area (TPSA) is 98.7 Å². The van der Waals surface area contributed by atoms with Gasteiger partial charge in [-0.3, -0.25) is 4.79 Å². The zero-order chi connectivity index (χ0) is 15.6. The van der Waals surface area contributed by atoms with Crippen molar-refractivity contribution in [2.75, 3.05) is 7.11 Å². The second-order valence-electron chi connectivity index (χ2n) is 5.31. The maximum Gasteiger partial charge on any atom is 1.00 e. The summed E-state index contributed by atoms with van der Waals surface area (Å²) in [6.45, 7) is 1.87. The van der Waals surface area contributed by atoms with Crippen LogP contribution in [0.2, 0.25) is 0 Å². The molecule has 114 valence electrons. The van der Waals surface area contributed by atoms with Gasteiger partial charge >= 0.3 is 51.4 Å². The summed E-state index contributed by atoms with van der Waals surface area (Å²) < 4.78 is 5.17. The first-order valence-corrected chi connectivity index (χ1v) is 6.75. The fourth-order valence-electron chi connectivity index (χ4n) is 2.53. The number of carbonyl (C=O) groups is 2.